The number of rotatable bonds is 8. The second kappa shape index (κ2) is 7.85. The highest BCUT2D eigenvalue weighted by Crippen LogP contribution is 2.32. The lowest BCUT2D eigenvalue weighted by Gasteiger charge is -2.16. The van der Waals surface area contributed by atoms with E-state index in [9.17, 15) is 9.59 Å². The monoisotopic (exact) mass is 343 g/mol. The van der Waals surface area contributed by atoms with E-state index in [2.05, 4.69) is 10.6 Å². The summed E-state index contributed by atoms with van der Waals surface area (Å²) in [6, 6.07) is 10.1. The number of ether oxygens (including phenoxy) is 1. The zero-order valence-electron chi connectivity index (χ0n) is 13.7. The summed E-state index contributed by atoms with van der Waals surface area (Å²) in [5.74, 6) is 0.651. The molecule has 25 heavy (non-hydrogen) atoms. The quantitative estimate of drug-likeness (QED) is 0.677. The van der Waals surface area contributed by atoms with E-state index in [1.165, 1.54) is 6.26 Å². The fourth-order valence-corrected chi connectivity index (χ4v) is 2.53. The maximum atomic E-state index is 12.0. The predicted octanol–water partition coefficient (Wildman–Crippen LogP) is 1.76. The van der Waals surface area contributed by atoms with Crippen LogP contribution in [0, 0.1) is 5.92 Å². The summed E-state index contributed by atoms with van der Waals surface area (Å²) in [4.78, 5) is 23.9. The van der Waals surface area contributed by atoms with Crippen LogP contribution < -0.4 is 21.1 Å². The average molecular weight is 343 g/mol. The molecule has 7 heteroatoms. The Balaban J connectivity index is 1.51. The van der Waals surface area contributed by atoms with Gasteiger partial charge in [-0.25, -0.2) is 0 Å². The molecule has 0 saturated heterocycles. The van der Waals surface area contributed by atoms with Gasteiger partial charge in [0, 0.05) is 24.3 Å². The SMILES string of the molecule is NCC(NC(=O)COc1cccc(NC(=O)c2ccco2)c1)C1CC1. The van der Waals surface area contributed by atoms with Crippen LogP contribution in [0.5, 0.6) is 5.75 Å². The molecule has 0 bridgehead atoms. The lowest BCUT2D eigenvalue weighted by Crippen LogP contribution is -2.43. The zero-order valence-corrected chi connectivity index (χ0v) is 13.7. The van der Waals surface area contributed by atoms with Crippen molar-refractivity contribution in [2.45, 2.75) is 18.9 Å². The van der Waals surface area contributed by atoms with Gasteiger partial charge in [-0.2, -0.15) is 0 Å². The van der Waals surface area contributed by atoms with Gasteiger partial charge in [0.05, 0.1) is 6.26 Å². The number of nitrogens with one attached hydrogen (secondary N) is 2. The van der Waals surface area contributed by atoms with Gasteiger partial charge in [0.15, 0.2) is 12.4 Å². The minimum atomic E-state index is -0.352. The molecular weight excluding hydrogens is 322 g/mol. The Morgan fingerprint density at radius 3 is 2.80 bits per heavy atom. The number of anilines is 1. The Bertz CT molecular complexity index is 726. The lowest BCUT2D eigenvalue weighted by molar-refractivity contribution is -0.123. The minimum Gasteiger partial charge on any atom is -0.484 e. The molecule has 132 valence electrons. The molecule has 1 aliphatic carbocycles. The van der Waals surface area contributed by atoms with Gasteiger partial charge in [0.25, 0.3) is 11.8 Å². The first-order valence-electron chi connectivity index (χ1n) is 8.23. The van der Waals surface area contributed by atoms with E-state index < -0.39 is 0 Å². The highest BCUT2D eigenvalue weighted by atomic mass is 16.5. The Morgan fingerprint density at radius 2 is 2.12 bits per heavy atom. The van der Waals surface area contributed by atoms with Gasteiger partial charge >= 0.3 is 0 Å². The van der Waals surface area contributed by atoms with Crippen LogP contribution >= 0.6 is 0 Å². The Hall–Kier alpha value is -2.80. The molecule has 0 aliphatic heterocycles. The van der Waals surface area contributed by atoms with Crippen LogP contribution in [0.2, 0.25) is 0 Å². The van der Waals surface area contributed by atoms with Crippen LogP contribution in [-0.2, 0) is 4.79 Å². The lowest BCUT2D eigenvalue weighted by atomic mass is 10.2. The van der Waals surface area contributed by atoms with Crippen molar-refractivity contribution < 1.29 is 18.7 Å². The summed E-state index contributed by atoms with van der Waals surface area (Å²) < 4.78 is 10.5. The van der Waals surface area contributed by atoms with Crippen molar-refractivity contribution in [3.63, 3.8) is 0 Å². The highest BCUT2D eigenvalue weighted by Gasteiger charge is 2.31. The highest BCUT2D eigenvalue weighted by molar-refractivity contribution is 6.02. The summed E-state index contributed by atoms with van der Waals surface area (Å²) in [5, 5.41) is 5.60. The van der Waals surface area contributed by atoms with Crippen LogP contribution in [0.1, 0.15) is 23.4 Å². The number of furan rings is 1. The summed E-state index contributed by atoms with van der Waals surface area (Å²) in [6.45, 7) is 0.337. The van der Waals surface area contributed by atoms with Crippen molar-refractivity contribution in [3.8, 4) is 5.75 Å². The molecule has 0 spiro atoms. The number of carbonyl (C=O) groups is 2. The average Bonchev–Trinajstić information content (AvgIpc) is 3.31. The standard InChI is InChI=1S/C18H21N3O4/c19-10-15(12-6-7-12)21-17(22)11-25-14-4-1-3-13(9-14)20-18(23)16-5-2-8-24-16/h1-5,8-9,12,15H,6-7,10-11,19H2,(H,20,23)(H,21,22). The second-order valence-electron chi connectivity index (χ2n) is 6.00. The third-order valence-corrected chi connectivity index (χ3v) is 4.00. The molecular formula is C18H21N3O4. The van der Waals surface area contributed by atoms with Crippen molar-refractivity contribution in [3.05, 3.63) is 48.4 Å². The fourth-order valence-electron chi connectivity index (χ4n) is 2.53. The van der Waals surface area contributed by atoms with Crippen LogP contribution in [0.3, 0.4) is 0 Å². The van der Waals surface area contributed by atoms with Crippen LogP contribution in [0.25, 0.3) is 0 Å². The number of amides is 2. The van der Waals surface area contributed by atoms with Crippen molar-refractivity contribution in [1.82, 2.24) is 5.32 Å². The molecule has 1 aromatic carbocycles. The smallest absolute Gasteiger partial charge is 0.291 e. The van der Waals surface area contributed by atoms with Gasteiger partial charge in [-0.15, -0.1) is 0 Å². The van der Waals surface area contributed by atoms with Gasteiger partial charge in [-0.1, -0.05) is 6.07 Å². The van der Waals surface area contributed by atoms with Gasteiger partial charge in [-0.3, -0.25) is 9.59 Å². The predicted molar refractivity (Wildman–Crippen MR) is 92.3 cm³/mol. The maximum absolute atomic E-state index is 12.0. The summed E-state index contributed by atoms with van der Waals surface area (Å²) in [6.07, 6.45) is 3.66. The zero-order chi connectivity index (χ0) is 17.6. The molecule has 1 saturated carbocycles. The van der Waals surface area contributed by atoms with Crippen molar-refractivity contribution in [2.24, 2.45) is 11.7 Å². The second-order valence-corrected chi connectivity index (χ2v) is 6.00. The summed E-state index contributed by atoms with van der Waals surface area (Å²) in [7, 11) is 0. The van der Waals surface area contributed by atoms with Crippen molar-refractivity contribution in [2.75, 3.05) is 18.5 Å². The molecule has 1 fully saturated rings. The van der Waals surface area contributed by atoms with Crippen LogP contribution in [-0.4, -0.2) is 31.0 Å². The topological polar surface area (TPSA) is 107 Å². The van der Waals surface area contributed by atoms with E-state index in [-0.39, 0.29) is 30.2 Å². The molecule has 2 amide bonds. The van der Waals surface area contributed by atoms with E-state index in [0.29, 0.717) is 23.9 Å². The van der Waals surface area contributed by atoms with Crippen molar-refractivity contribution in [1.29, 1.82) is 0 Å². The Kier molecular flexibility index (Phi) is 5.35. The number of benzene rings is 1. The van der Waals surface area contributed by atoms with Gasteiger partial charge in [0.1, 0.15) is 5.75 Å². The van der Waals surface area contributed by atoms with E-state index in [1.807, 2.05) is 0 Å². The normalized spacial score (nSPS) is 14.6. The fraction of sp³-hybridized carbons (Fsp3) is 0.333. The van der Waals surface area contributed by atoms with Crippen LogP contribution in [0.4, 0.5) is 5.69 Å². The van der Waals surface area contributed by atoms with Gasteiger partial charge < -0.3 is 25.5 Å². The molecule has 1 unspecified atom stereocenters. The largest absolute Gasteiger partial charge is 0.484 e. The Morgan fingerprint density at radius 1 is 1.28 bits per heavy atom. The molecule has 2 aromatic rings. The molecule has 7 nitrogen and oxygen atoms in total. The van der Waals surface area contributed by atoms with Crippen LogP contribution in [0.15, 0.2) is 47.1 Å². The summed E-state index contributed by atoms with van der Waals surface area (Å²) in [5.41, 5.74) is 6.23. The number of nitrogens with two attached hydrogens (primary N) is 1. The first-order valence-corrected chi connectivity index (χ1v) is 8.23. The molecule has 3 rings (SSSR count). The molecule has 0 radical (unpaired) electrons. The number of carbonyl (C=O) groups excluding carboxylic acids is 2. The van der Waals surface area contributed by atoms with Gasteiger partial charge in [-0.05, 0) is 43.0 Å². The van der Waals surface area contributed by atoms with Gasteiger partial charge in [0.2, 0.25) is 0 Å². The van der Waals surface area contributed by atoms with E-state index in [4.69, 9.17) is 14.9 Å². The minimum absolute atomic E-state index is 0.0232. The Labute approximate surface area is 145 Å². The number of hydrogen-bond acceptors (Lipinski definition) is 5. The third kappa shape index (κ3) is 4.84. The first-order chi connectivity index (χ1) is 12.2. The van der Waals surface area contributed by atoms with E-state index >= 15 is 0 Å². The first kappa shape index (κ1) is 17.0. The molecule has 1 atom stereocenters. The summed E-state index contributed by atoms with van der Waals surface area (Å²) >= 11 is 0. The maximum Gasteiger partial charge on any atom is 0.291 e. The molecule has 1 aliphatic rings. The molecule has 4 N–H and O–H groups in total. The molecule has 1 aromatic heterocycles. The third-order valence-electron chi connectivity index (χ3n) is 4.00. The molecule has 1 heterocycles. The number of hydrogen-bond donors (Lipinski definition) is 3. The van der Waals surface area contributed by atoms with E-state index in [1.54, 1.807) is 36.4 Å². The van der Waals surface area contributed by atoms with E-state index in [0.717, 1.165) is 12.8 Å². The van der Waals surface area contributed by atoms with Crippen molar-refractivity contribution >= 4 is 17.5 Å².